The highest BCUT2D eigenvalue weighted by Crippen LogP contribution is 2.23. The van der Waals surface area contributed by atoms with Gasteiger partial charge in [0.1, 0.15) is 5.69 Å². The predicted molar refractivity (Wildman–Crippen MR) is 112 cm³/mol. The van der Waals surface area contributed by atoms with E-state index in [9.17, 15) is 4.79 Å². The van der Waals surface area contributed by atoms with E-state index < -0.39 is 0 Å². The molecule has 2 aliphatic rings. The summed E-state index contributed by atoms with van der Waals surface area (Å²) in [5, 5.41) is 0. The molecule has 2 aliphatic heterocycles. The van der Waals surface area contributed by atoms with Crippen molar-refractivity contribution in [1.29, 1.82) is 0 Å². The van der Waals surface area contributed by atoms with E-state index in [4.69, 9.17) is 0 Å². The summed E-state index contributed by atoms with van der Waals surface area (Å²) in [6, 6.07) is 14.8. The van der Waals surface area contributed by atoms with Crippen molar-refractivity contribution < 1.29 is 4.79 Å². The lowest BCUT2D eigenvalue weighted by molar-refractivity contribution is 0.0684. The highest BCUT2D eigenvalue weighted by atomic mass is 16.2. The van der Waals surface area contributed by atoms with Crippen molar-refractivity contribution in [2.75, 3.05) is 26.2 Å². The highest BCUT2D eigenvalue weighted by Gasteiger charge is 2.24. The first kappa shape index (κ1) is 19.1. The number of hydrogen-bond donors (Lipinski definition) is 0. The van der Waals surface area contributed by atoms with Crippen LogP contribution < -0.4 is 0 Å². The van der Waals surface area contributed by atoms with E-state index in [1.165, 1.54) is 43.5 Å². The molecule has 0 aliphatic carbocycles. The van der Waals surface area contributed by atoms with Crippen LogP contribution in [0, 0.1) is 5.92 Å². The molecule has 148 valence electrons. The molecule has 0 spiro atoms. The molecule has 2 aromatic rings. The molecule has 1 aromatic heterocycles. The Morgan fingerprint density at radius 1 is 0.893 bits per heavy atom. The molecular weight excluding hydrogens is 346 g/mol. The number of piperidine rings is 2. The Morgan fingerprint density at radius 2 is 1.61 bits per heavy atom. The molecule has 4 nitrogen and oxygen atoms in total. The summed E-state index contributed by atoms with van der Waals surface area (Å²) < 4.78 is 0. The molecule has 1 amide bonds. The minimum atomic E-state index is 0.0705. The quantitative estimate of drug-likeness (QED) is 0.785. The second-order valence-corrected chi connectivity index (χ2v) is 8.31. The number of nitrogens with zero attached hydrogens (tertiary/aromatic N) is 3. The van der Waals surface area contributed by atoms with Gasteiger partial charge in [0.25, 0.3) is 5.91 Å². The third-order valence-corrected chi connectivity index (χ3v) is 6.19. The molecule has 4 heteroatoms. The normalized spacial score (nSPS) is 18.9. The van der Waals surface area contributed by atoms with E-state index >= 15 is 0 Å². The van der Waals surface area contributed by atoms with Gasteiger partial charge in [-0.25, -0.2) is 0 Å². The lowest BCUT2D eigenvalue weighted by Gasteiger charge is -2.32. The maximum Gasteiger partial charge on any atom is 0.272 e. The molecule has 2 fully saturated rings. The Kier molecular flexibility index (Phi) is 6.38. The average Bonchev–Trinajstić information content (AvgIpc) is 2.76. The fraction of sp³-hybridized carbons (Fsp3) is 0.500. The zero-order chi connectivity index (χ0) is 19.2. The number of carbonyl (C=O) groups is 1. The number of rotatable bonds is 5. The number of carbonyl (C=O) groups excluding carboxylic acids is 1. The summed E-state index contributed by atoms with van der Waals surface area (Å²) in [6.07, 6.45) is 9.05. The van der Waals surface area contributed by atoms with Crippen LogP contribution in [0.15, 0.2) is 48.7 Å². The van der Waals surface area contributed by atoms with Crippen LogP contribution in [0.25, 0.3) is 0 Å². The topological polar surface area (TPSA) is 36.4 Å². The Morgan fingerprint density at radius 3 is 2.29 bits per heavy atom. The summed E-state index contributed by atoms with van der Waals surface area (Å²) in [4.78, 5) is 21.3. The molecule has 0 bridgehead atoms. The summed E-state index contributed by atoms with van der Waals surface area (Å²) in [7, 11) is 0. The lowest BCUT2D eigenvalue weighted by atomic mass is 9.89. The first-order valence-corrected chi connectivity index (χ1v) is 10.8. The summed E-state index contributed by atoms with van der Waals surface area (Å²) in [6.45, 7) is 5.27. The molecule has 28 heavy (non-hydrogen) atoms. The third kappa shape index (κ3) is 4.99. The van der Waals surface area contributed by atoms with Crippen LogP contribution in [-0.4, -0.2) is 46.9 Å². The van der Waals surface area contributed by atoms with Crippen molar-refractivity contribution in [2.24, 2.45) is 5.92 Å². The first-order chi connectivity index (χ1) is 13.8. The maximum atomic E-state index is 12.5. The van der Waals surface area contributed by atoms with Crippen LogP contribution in [0.1, 0.15) is 53.7 Å². The van der Waals surface area contributed by atoms with Gasteiger partial charge in [0.15, 0.2) is 0 Å². The zero-order valence-corrected chi connectivity index (χ0v) is 16.7. The second kappa shape index (κ2) is 9.33. The molecule has 0 radical (unpaired) electrons. The monoisotopic (exact) mass is 377 g/mol. The van der Waals surface area contributed by atoms with Crippen LogP contribution in [0.4, 0.5) is 0 Å². The summed E-state index contributed by atoms with van der Waals surface area (Å²) >= 11 is 0. The van der Waals surface area contributed by atoms with Gasteiger partial charge in [-0.3, -0.25) is 14.7 Å². The van der Waals surface area contributed by atoms with Crippen molar-refractivity contribution >= 4 is 5.91 Å². The number of benzene rings is 1. The van der Waals surface area contributed by atoms with E-state index in [1.54, 1.807) is 12.3 Å². The van der Waals surface area contributed by atoms with Crippen molar-refractivity contribution in [2.45, 2.75) is 45.1 Å². The summed E-state index contributed by atoms with van der Waals surface area (Å²) in [5.41, 5.74) is 3.42. The van der Waals surface area contributed by atoms with Crippen LogP contribution in [0.3, 0.4) is 0 Å². The Bertz CT molecular complexity index is 745. The minimum absolute atomic E-state index is 0.0705. The molecule has 2 saturated heterocycles. The Balaban J connectivity index is 1.25. The first-order valence-electron chi connectivity index (χ1n) is 10.8. The van der Waals surface area contributed by atoms with Gasteiger partial charge in [-0.15, -0.1) is 0 Å². The molecule has 3 heterocycles. The summed E-state index contributed by atoms with van der Waals surface area (Å²) in [5.74, 6) is 0.738. The fourth-order valence-electron chi connectivity index (χ4n) is 4.48. The van der Waals surface area contributed by atoms with E-state index in [0.29, 0.717) is 11.6 Å². The largest absolute Gasteiger partial charge is 0.337 e. The molecule has 4 rings (SSSR count). The van der Waals surface area contributed by atoms with E-state index in [1.807, 2.05) is 17.0 Å². The van der Waals surface area contributed by atoms with Crippen LogP contribution in [-0.2, 0) is 13.0 Å². The number of pyridine rings is 1. The van der Waals surface area contributed by atoms with Gasteiger partial charge in [0.05, 0.1) is 0 Å². The van der Waals surface area contributed by atoms with Crippen LogP contribution >= 0.6 is 0 Å². The van der Waals surface area contributed by atoms with E-state index in [2.05, 4.69) is 34.1 Å². The minimum Gasteiger partial charge on any atom is -0.337 e. The number of aromatic nitrogens is 1. The van der Waals surface area contributed by atoms with E-state index in [-0.39, 0.29) is 5.91 Å². The highest BCUT2D eigenvalue weighted by molar-refractivity contribution is 5.92. The van der Waals surface area contributed by atoms with Gasteiger partial charge >= 0.3 is 0 Å². The molecular formula is C24H31N3O. The molecule has 0 N–H and O–H groups in total. The number of hydrogen-bond acceptors (Lipinski definition) is 3. The van der Waals surface area contributed by atoms with Gasteiger partial charge in [-0.05, 0) is 74.4 Å². The zero-order valence-electron chi connectivity index (χ0n) is 16.7. The molecule has 0 saturated carbocycles. The van der Waals surface area contributed by atoms with Gasteiger partial charge in [-0.1, -0.05) is 36.8 Å². The average molecular weight is 378 g/mol. The van der Waals surface area contributed by atoms with Crippen molar-refractivity contribution in [3.05, 3.63) is 65.5 Å². The lowest BCUT2D eigenvalue weighted by Crippen LogP contribution is -2.39. The van der Waals surface area contributed by atoms with Gasteiger partial charge in [0.2, 0.25) is 0 Å². The SMILES string of the molecule is O=C(c1ccccn1)N1CCC(Cc2ccc(CN3CCCCC3)cc2)CC1. The fourth-order valence-corrected chi connectivity index (χ4v) is 4.48. The Hall–Kier alpha value is -2.20. The van der Waals surface area contributed by atoms with Gasteiger partial charge in [0, 0.05) is 25.8 Å². The Labute approximate surface area is 168 Å². The maximum absolute atomic E-state index is 12.5. The third-order valence-electron chi connectivity index (χ3n) is 6.19. The predicted octanol–water partition coefficient (Wildman–Crippen LogP) is 4.16. The number of likely N-dealkylation sites (tertiary alicyclic amines) is 2. The van der Waals surface area contributed by atoms with Crippen molar-refractivity contribution in [1.82, 2.24) is 14.8 Å². The van der Waals surface area contributed by atoms with Crippen LogP contribution in [0.2, 0.25) is 0 Å². The molecule has 0 unspecified atom stereocenters. The molecule has 1 aromatic carbocycles. The van der Waals surface area contributed by atoms with Gasteiger partial charge < -0.3 is 4.90 Å². The van der Waals surface area contributed by atoms with Gasteiger partial charge in [-0.2, -0.15) is 0 Å². The second-order valence-electron chi connectivity index (χ2n) is 8.31. The van der Waals surface area contributed by atoms with E-state index in [0.717, 1.165) is 38.9 Å². The van der Waals surface area contributed by atoms with Crippen LogP contribution in [0.5, 0.6) is 0 Å². The molecule has 0 atom stereocenters. The smallest absolute Gasteiger partial charge is 0.272 e. The van der Waals surface area contributed by atoms with Crippen molar-refractivity contribution in [3.8, 4) is 0 Å². The number of amides is 1. The van der Waals surface area contributed by atoms with Crippen molar-refractivity contribution in [3.63, 3.8) is 0 Å². The standard InChI is InChI=1S/C24H31N3O/c28-24(23-6-2-3-13-25-23)27-16-11-21(12-17-27)18-20-7-9-22(10-8-20)19-26-14-4-1-5-15-26/h2-3,6-10,13,21H,1,4-5,11-12,14-19H2.